The number of hydrogen-bond donors (Lipinski definition) is 2. The molecule has 3 N–H and O–H groups in total. The molecule has 1 amide bonds. The molecule has 1 heterocycles. The summed E-state index contributed by atoms with van der Waals surface area (Å²) in [6.45, 7) is 1.45. The van der Waals surface area contributed by atoms with Gasteiger partial charge in [-0.1, -0.05) is 0 Å². The summed E-state index contributed by atoms with van der Waals surface area (Å²) >= 11 is 0. The van der Waals surface area contributed by atoms with E-state index in [9.17, 15) is 4.79 Å². The number of rotatable bonds is 5. The van der Waals surface area contributed by atoms with Crippen molar-refractivity contribution < 1.29 is 19.0 Å². The summed E-state index contributed by atoms with van der Waals surface area (Å²) in [6, 6.07) is 5.27. The molecule has 1 fully saturated rings. The molecule has 1 aliphatic rings. The van der Waals surface area contributed by atoms with Crippen molar-refractivity contribution in [2.45, 2.75) is 12.8 Å². The van der Waals surface area contributed by atoms with Gasteiger partial charge in [0.25, 0.3) is 0 Å². The van der Waals surface area contributed by atoms with Crippen LogP contribution in [0.2, 0.25) is 0 Å². The smallest absolute Gasteiger partial charge is 0.232 e. The van der Waals surface area contributed by atoms with E-state index in [1.807, 2.05) is 0 Å². The van der Waals surface area contributed by atoms with Crippen LogP contribution in [0, 0.1) is 5.41 Å². The molecule has 0 radical (unpaired) electrons. The Morgan fingerprint density at radius 1 is 1.29 bits per heavy atom. The summed E-state index contributed by atoms with van der Waals surface area (Å²) in [4.78, 5) is 12.6. The zero-order valence-electron chi connectivity index (χ0n) is 12.5. The first-order valence-electron chi connectivity index (χ1n) is 6.96. The van der Waals surface area contributed by atoms with Gasteiger partial charge in [0.15, 0.2) is 11.5 Å². The number of hydrogen-bond acceptors (Lipinski definition) is 5. The van der Waals surface area contributed by atoms with Gasteiger partial charge in [-0.05, 0) is 25.0 Å². The lowest BCUT2D eigenvalue weighted by molar-refractivity contribution is -0.130. The molecule has 0 saturated carbocycles. The van der Waals surface area contributed by atoms with E-state index in [1.165, 1.54) is 0 Å². The van der Waals surface area contributed by atoms with Crippen molar-refractivity contribution in [2.24, 2.45) is 11.1 Å². The number of carbonyl (C=O) groups is 1. The highest BCUT2D eigenvalue weighted by Crippen LogP contribution is 2.33. The second-order valence-corrected chi connectivity index (χ2v) is 5.12. The number of carbonyl (C=O) groups excluding carboxylic acids is 1. The van der Waals surface area contributed by atoms with Crippen LogP contribution in [0.5, 0.6) is 11.5 Å². The highest BCUT2D eigenvalue weighted by molar-refractivity contribution is 5.95. The monoisotopic (exact) mass is 294 g/mol. The molecule has 6 heteroatoms. The zero-order valence-corrected chi connectivity index (χ0v) is 12.5. The Labute approximate surface area is 124 Å². The Balaban J connectivity index is 2.15. The molecule has 21 heavy (non-hydrogen) atoms. The Morgan fingerprint density at radius 2 is 1.95 bits per heavy atom. The van der Waals surface area contributed by atoms with Crippen LogP contribution in [0.25, 0.3) is 0 Å². The zero-order chi connectivity index (χ0) is 15.3. The lowest BCUT2D eigenvalue weighted by Crippen LogP contribution is -2.46. The summed E-state index contributed by atoms with van der Waals surface area (Å²) in [7, 11) is 3.13. The minimum atomic E-state index is -0.550. The number of amides is 1. The predicted octanol–water partition coefficient (Wildman–Crippen LogP) is 1.40. The van der Waals surface area contributed by atoms with E-state index in [-0.39, 0.29) is 5.91 Å². The van der Waals surface area contributed by atoms with Crippen LogP contribution in [-0.4, -0.2) is 39.9 Å². The second-order valence-electron chi connectivity index (χ2n) is 5.12. The minimum absolute atomic E-state index is 0.0690. The average Bonchev–Trinajstić information content (AvgIpc) is 2.55. The van der Waals surface area contributed by atoms with Gasteiger partial charge in [-0.2, -0.15) is 0 Å². The van der Waals surface area contributed by atoms with E-state index in [0.29, 0.717) is 49.8 Å². The van der Waals surface area contributed by atoms with Gasteiger partial charge < -0.3 is 25.3 Å². The van der Waals surface area contributed by atoms with Crippen LogP contribution in [0.15, 0.2) is 18.2 Å². The minimum Gasteiger partial charge on any atom is -0.493 e. The topological polar surface area (TPSA) is 82.8 Å². The maximum Gasteiger partial charge on any atom is 0.232 e. The van der Waals surface area contributed by atoms with Crippen molar-refractivity contribution in [3.8, 4) is 11.5 Å². The van der Waals surface area contributed by atoms with Crippen LogP contribution in [0.4, 0.5) is 5.69 Å². The molecule has 0 aliphatic carbocycles. The van der Waals surface area contributed by atoms with Crippen LogP contribution >= 0.6 is 0 Å². The van der Waals surface area contributed by atoms with Gasteiger partial charge in [-0.3, -0.25) is 4.79 Å². The third kappa shape index (κ3) is 3.28. The van der Waals surface area contributed by atoms with E-state index in [1.54, 1.807) is 32.4 Å². The largest absolute Gasteiger partial charge is 0.493 e. The second kappa shape index (κ2) is 6.78. The SMILES string of the molecule is COc1ccc(NC(=O)C2(CN)CCOCC2)cc1OC. The predicted molar refractivity (Wildman–Crippen MR) is 79.7 cm³/mol. The molecule has 0 aromatic heterocycles. The number of ether oxygens (including phenoxy) is 3. The van der Waals surface area contributed by atoms with Gasteiger partial charge >= 0.3 is 0 Å². The number of methoxy groups -OCH3 is 2. The number of anilines is 1. The van der Waals surface area contributed by atoms with E-state index >= 15 is 0 Å². The van der Waals surface area contributed by atoms with Crippen LogP contribution in [0.1, 0.15) is 12.8 Å². The van der Waals surface area contributed by atoms with Crippen molar-refractivity contribution in [2.75, 3.05) is 39.3 Å². The van der Waals surface area contributed by atoms with Gasteiger partial charge in [0.2, 0.25) is 5.91 Å². The Morgan fingerprint density at radius 3 is 2.52 bits per heavy atom. The molecule has 0 bridgehead atoms. The highest BCUT2D eigenvalue weighted by Gasteiger charge is 2.38. The van der Waals surface area contributed by atoms with Gasteiger partial charge in [0.1, 0.15) is 0 Å². The van der Waals surface area contributed by atoms with Crippen molar-refractivity contribution in [3.05, 3.63) is 18.2 Å². The lowest BCUT2D eigenvalue weighted by atomic mass is 9.79. The van der Waals surface area contributed by atoms with Crippen molar-refractivity contribution >= 4 is 11.6 Å². The summed E-state index contributed by atoms with van der Waals surface area (Å²) in [6.07, 6.45) is 1.28. The first kappa shape index (κ1) is 15.6. The van der Waals surface area contributed by atoms with Gasteiger partial charge in [-0.15, -0.1) is 0 Å². The fourth-order valence-electron chi connectivity index (χ4n) is 2.46. The number of nitrogens with one attached hydrogen (secondary N) is 1. The van der Waals surface area contributed by atoms with Gasteiger partial charge in [-0.25, -0.2) is 0 Å². The summed E-state index contributed by atoms with van der Waals surface area (Å²) in [5.74, 6) is 1.12. The quantitative estimate of drug-likeness (QED) is 0.857. The fourth-order valence-corrected chi connectivity index (χ4v) is 2.46. The first-order valence-corrected chi connectivity index (χ1v) is 6.96. The van der Waals surface area contributed by atoms with E-state index in [2.05, 4.69) is 5.32 Å². The molecule has 1 saturated heterocycles. The fraction of sp³-hybridized carbons (Fsp3) is 0.533. The summed E-state index contributed by atoms with van der Waals surface area (Å²) in [5, 5.41) is 2.92. The van der Waals surface area contributed by atoms with Crippen LogP contribution in [0.3, 0.4) is 0 Å². The molecule has 1 aliphatic heterocycles. The molecular weight excluding hydrogens is 272 g/mol. The van der Waals surface area contributed by atoms with E-state index in [4.69, 9.17) is 19.9 Å². The Bertz CT molecular complexity index is 498. The third-order valence-corrected chi connectivity index (χ3v) is 3.96. The van der Waals surface area contributed by atoms with Crippen molar-refractivity contribution in [3.63, 3.8) is 0 Å². The highest BCUT2D eigenvalue weighted by atomic mass is 16.5. The molecule has 6 nitrogen and oxygen atoms in total. The molecule has 0 atom stereocenters. The van der Waals surface area contributed by atoms with Crippen molar-refractivity contribution in [1.82, 2.24) is 0 Å². The average molecular weight is 294 g/mol. The molecule has 0 unspecified atom stereocenters. The number of benzene rings is 1. The standard InChI is InChI=1S/C15H22N2O4/c1-19-12-4-3-11(9-13(12)20-2)17-14(18)15(10-16)5-7-21-8-6-15/h3-4,9H,5-8,10,16H2,1-2H3,(H,17,18). The first-order chi connectivity index (χ1) is 10.1. The maximum atomic E-state index is 12.6. The summed E-state index contributed by atoms with van der Waals surface area (Å²) < 4.78 is 15.7. The molecule has 116 valence electrons. The molecule has 1 aromatic carbocycles. The van der Waals surface area contributed by atoms with Gasteiger partial charge in [0, 0.05) is 31.5 Å². The lowest BCUT2D eigenvalue weighted by Gasteiger charge is -2.34. The van der Waals surface area contributed by atoms with Crippen molar-refractivity contribution in [1.29, 1.82) is 0 Å². The normalized spacial score (nSPS) is 17.1. The maximum absolute atomic E-state index is 12.6. The molecular formula is C15H22N2O4. The summed E-state index contributed by atoms with van der Waals surface area (Å²) in [5.41, 5.74) is 5.95. The van der Waals surface area contributed by atoms with Gasteiger partial charge in [0.05, 0.1) is 19.6 Å². The Hall–Kier alpha value is -1.79. The number of nitrogens with two attached hydrogens (primary N) is 1. The molecule has 1 aromatic rings. The third-order valence-electron chi connectivity index (χ3n) is 3.96. The Kier molecular flexibility index (Phi) is 5.03. The molecule has 2 rings (SSSR count). The van der Waals surface area contributed by atoms with Crippen LogP contribution in [-0.2, 0) is 9.53 Å². The molecule has 0 spiro atoms. The van der Waals surface area contributed by atoms with E-state index < -0.39 is 5.41 Å². The van der Waals surface area contributed by atoms with E-state index in [0.717, 1.165) is 0 Å². The van der Waals surface area contributed by atoms with Crippen LogP contribution < -0.4 is 20.5 Å².